The molecule has 1 heterocycles. The van der Waals surface area contributed by atoms with Gasteiger partial charge in [-0.2, -0.15) is 0 Å². The third-order valence-corrected chi connectivity index (χ3v) is 4.52. The van der Waals surface area contributed by atoms with Crippen LogP contribution >= 0.6 is 0 Å². The van der Waals surface area contributed by atoms with E-state index < -0.39 is 0 Å². The first-order chi connectivity index (χ1) is 7.61. The van der Waals surface area contributed by atoms with E-state index in [-0.39, 0.29) is 0 Å². The number of ether oxygens (including phenoxy) is 1. The van der Waals surface area contributed by atoms with E-state index in [4.69, 9.17) is 4.74 Å². The zero-order valence-electron chi connectivity index (χ0n) is 11.1. The highest BCUT2D eigenvalue weighted by Crippen LogP contribution is 2.43. The number of hydrogen-bond donors (Lipinski definition) is 1. The maximum absolute atomic E-state index is 6.28. The second-order valence-electron chi connectivity index (χ2n) is 6.11. The van der Waals surface area contributed by atoms with Crippen molar-refractivity contribution in [3.63, 3.8) is 0 Å². The van der Waals surface area contributed by atoms with Crippen molar-refractivity contribution in [3.05, 3.63) is 0 Å². The quantitative estimate of drug-likeness (QED) is 0.794. The van der Waals surface area contributed by atoms with Gasteiger partial charge in [-0.15, -0.1) is 0 Å². The van der Waals surface area contributed by atoms with Gasteiger partial charge in [0, 0.05) is 12.6 Å². The molecule has 0 bridgehead atoms. The summed E-state index contributed by atoms with van der Waals surface area (Å²) in [6.45, 7) is 7.85. The highest BCUT2D eigenvalue weighted by atomic mass is 16.5. The fourth-order valence-electron chi connectivity index (χ4n) is 2.98. The average molecular weight is 225 g/mol. The lowest BCUT2D eigenvalue weighted by atomic mass is 9.98. The van der Waals surface area contributed by atoms with E-state index in [1.54, 1.807) is 0 Å². The van der Waals surface area contributed by atoms with E-state index in [0.717, 1.165) is 6.54 Å². The lowest BCUT2D eigenvalue weighted by Gasteiger charge is -2.25. The maximum Gasteiger partial charge on any atom is 0.0708 e. The molecule has 0 amide bonds. The van der Waals surface area contributed by atoms with Crippen molar-refractivity contribution in [1.82, 2.24) is 5.32 Å². The molecule has 0 aromatic carbocycles. The Morgan fingerprint density at radius 3 is 2.50 bits per heavy atom. The summed E-state index contributed by atoms with van der Waals surface area (Å²) in [6, 6.07) is 0.601. The molecule has 1 saturated carbocycles. The Morgan fingerprint density at radius 2 is 1.88 bits per heavy atom. The van der Waals surface area contributed by atoms with Crippen molar-refractivity contribution >= 4 is 0 Å². The Bertz CT molecular complexity index is 221. The SMILES string of the molecule is CC(C)C(C)NCC1CCC2(CCCC2)O1. The lowest BCUT2D eigenvalue weighted by molar-refractivity contribution is -0.0360. The monoisotopic (exact) mass is 225 g/mol. The minimum atomic E-state index is 0.299. The molecule has 0 aromatic heterocycles. The first kappa shape index (κ1) is 12.4. The van der Waals surface area contributed by atoms with Crippen molar-refractivity contribution in [2.45, 2.75) is 77.0 Å². The number of rotatable bonds is 4. The minimum absolute atomic E-state index is 0.299. The molecule has 1 N–H and O–H groups in total. The van der Waals surface area contributed by atoms with Crippen LogP contribution < -0.4 is 5.32 Å². The van der Waals surface area contributed by atoms with Gasteiger partial charge in [-0.3, -0.25) is 0 Å². The van der Waals surface area contributed by atoms with E-state index in [0.29, 0.717) is 23.7 Å². The second-order valence-corrected chi connectivity index (χ2v) is 6.11. The average Bonchev–Trinajstić information content (AvgIpc) is 2.86. The van der Waals surface area contributed by atoms with E-state index in [2.05, 4.69) is 26.1 Å². The van der Waals surface area contributed by atoms with Gasteiger partial charge < -0.3 is 10.1 Å². The molecule has 2 heteroatoms. The molecule has 2 aliphatic rings. The molecular formula is C14H27NO. The van der Waals surface area contributed by atoms with Crippen LogP contribution in [0.1, 0.15) is 59.3 Å². The number of nitrogens with one attached hydrogen (secondary N) is 1. The molecule has 2 rings (SSSR count). The van der Waals surface area contributed by atoms with E-state index in [1.165, 1.54) is 38.5 Å². The molecular weight excluding hydrogens is 198 g/mol. The van der Waals surface area contributed by atoms with Crippen molar-refractivity contribution in [2.24, 2.45) is 5.92 Å². The topological polar surface area (TPSA) is 21.3 Å². The summed E-state index contributed by atoms with van der Waals surface area (Å²) in [5, 5.41) is 3.61. The molecule has 1 spiro atoms. The van der Waals surface area contributed by atoms with Crippen LogP contribution in [0.15, 0.2) is 0 Å². The molecule has 2 nitrogen and oxygen atoms in total. The van der Waals surface area contributed by atoms with Gasteiger partial charge in [0.05, 0.1) is 11.7 Å². The first-order valence-electron chi connectivity index (χ1n) is 7.02. The van der Waals surface area contributed by atoms with Gasteiger partial charge in [-0.25, -0.2) is 0 Å². The molecule has 16 heavy (non-hydrogen) atoms. The molecule has 2 atom stereocenters. The third-order valence-electron chi connectivity index (χ3n) is 4.52. The molecule has 0 radical (unpaired) electrons. The molecule has 1 aliphatic heterocycles. The van der Waals surface area contributed by atoms with Crippen molar-refractivity contribution in [3.8, 4) is 0 Å². The Balaban J connectivity index is 1.72. The largest absolute Gasteiger partial charge is 0.370 e. The van der Waals surface area contributed by atoms with E-state index >= 15 is 0 Å². The molecule has 2 unspecified atom stereocenters. The van der Waals surface area contributed by atoms with Crippen LogP contribution in [0.25, 0.3) is 0 Å². The molecule has 94 valence electrons. The summed E-state index contributed by atoms with van der Waals surface area (Å²) in [7, 11) is 0. The van der Waals surface area contributed by atoms with Crippen LogP contribution in [0.3, 0.4) is 0 Å². The van der Waals surface area contributed by atoms with Crippen LogP contribution in [0, 0.1) is 5.92 Å². The highest BCUT2D eigenvalue weighted by molar-refractivity contribution is 4.93. The van der Waals surface area contributed by atoms with Gasteiger partial charge in [-0.1, -0.05) is 26.7 Å². The van der Waals surface area contributed by atoms with Crippen LogP contribution in [-0.2, 0) is 4.74 Å². The maximum atomic E-state index is 6.28. The zero-order chi connectivity index (χ0) is 11.6. The fourth-order valence-corrected chi connectivity index (χ4v) is 2.98. The predicted octanol–water partition coefficient (Wildman–Crippen LogP) is 3.11. The summed E-state index contributed by atoms with van der Waals surface area (Å²) in [4.78, 5) is 0. The van der Waals surface area contributed by atoms with Crippen molar-refractivity contribution < 1.29 is 4.74 Å². The van der Waals surface area contributed by atoms with E-state index in [9.17, 15) is 0 Å². The molecule has 0 aromatic rings. The van der Waals surface area contributed by atoms with Gasteiger partial charge in [0.25, 0.3) is 0 Å². The van der Waals surface area contributed by atoms with Gasteiger partial charge in [0.15, 0.2) is 0 Å². The van der Waals surface area contributed by atoms with Crippen LogP contribution in [0.4, 0.5) is 0 Å². The fraction of sp³-hybridized carbons (Fsp3) is 1.00. The summed E-state index contributed by atoms with van der Waals surface area (Å²) < 4.78 is 6.28. The van der Waals surface area contributed by atoms with Crippen molar-refractivity contribution in [2.75, 3.05) is 6.54 Å². The van der Waals surface area contributed by atoms with E-state index in [1.807, 2.05) is 0 Å². The smallest absolute Gasteiger partial charge is 0.0708 e. The molecule has 1 saturated heterocycles. The lowest BCUT2D eigenvalue weighted by Crippen LogP contribution is -2.37. The third kappa shape index (κ3) is 2.78. The summed E-state index contributed by atoms with van der Waals surface area (Å²) in [5.74, 6) is 0.710. The van der Waals surface area contributed by atoms with Gasteiger partial charge in [0.2, 0.25) is 0 Å². The van der Waals surface area contributed by atoms with Gasteiger partial charge >= 0.3 is 0 Å². The zero-order valence-corrected chi connectivity index (χ0v) is 11.1. The standard InChI is InChI=1S/C14H27NO/c1-11(2)12(3)15-10-13-6-9-14(16-13)7-4-5-8-14/h11-13,15H,4-10H2,1-3H3. The van der Waals surface area contributed by atoms with Crippen LogP contribution in [0.2, 0.25) is 0 Å². The summed E-state index contributed by atoms with van der Waals surface area (Å²) in [5.41, 5.74) is 0.299. The van der Waals surface area contributed by atoms with Gasteiger partial charge in [-0.05, 0) is 38.5 Å². The normalized spacial score (nSPS) is 30.4. The Morgan fingerprint density at radius 1 is 1.19 bits per heavy atom. The summed E-state index contributed by atoms with van der Waals surface area (Å²) in [6.07, 6.45) is 8.41. The second kappa shape index (κ2) is 5.05. The minimum Gasteiger partial charge on any atom is -0.370 e. The molecule has 2 fully saturated rings. The predicted molar refractivity (Wildman–Crippen MR) is 67.6 cm³/mol. The molecule has 1 aliphatic carbocycles. The Hall–Kier alpha value is -0.0800. The summed E-state index contributed by atoms with van der Waals surface area (Å²) >= 11 is 0. The van der Waals surface area contributed by atoms with Crippen molar-refractivity contribution in [1.29, 1.82) is 0 Å². The Labute approximate surface area is 100 Å². The number of hydrogen-bond acceptors (Lipinski definition) is 2. The van der Waals surface area contributed by atoms with Crippen LogP contribution in [-0.4, -0.2) is 24.3 Å². The highest BCUT2D eigenvalue weighted by Gasteiger charge is 2.41. The van der Waals surface area contributed by atoms with Gasteiger partial charge in [0.1, 0.15) is 0 Å². The van der Waals surface area contributed by atoms with Crippen LogP contribution in [0.5, 0.6) is 0 Å². The first-order valence-corrected chi connectivity index (χ1v) is 7.02. The Kier molecular flexibility index (Phi) is 3.91.